The van der Waals surface area contributed by atoms with Crippen LogP contribution in [0.5, 0.6) is 5.75 Å². The van der Waals surface area contributed by atoms with E-state index in [1.807, 2.05) is 0 Å². The van der Waals surface area contributed by atoms with Gasteiger partial charge in [0.05, 0.1) is 0 Å². The van der Waals surface area contributed by atoms with Crippen molar-refractivity contribution in [1.82, 2.24) is 0 Å². The van der Waals surface area contributed by atoms with Gasteiger partial charge in [0.15, 0.2) is 0 Å². The molecule has 4 nitrogen and oxygen atoms in total. The van der Waals surface area contributed by atoms with Crippen molar-refractivity contribution < 1.29 is 13.5 Å². The molecule has 0 fully saturated rings. The van der Waals surface area contributed by atoms with Gasteiger partial charge in [0, 0.05) is 11.1 Å². The molecule has 6 heteroatoms. The summed E-state index contributed by atoms with van der Waals surface area (Å²) in [5.41, 5.74) is -0.0206. The highest BCUT2D eigenvalue weighted by Gasteiger charge is 1.99. The largest absolute Gasteiger partial charge is 0.506 e. The second kappa shape index (κ2) is 3.55. The molecule has 0 spiro atoms. The minimum Gasteiger partial charge on any atom is -0.506 e. The topological polar surface area (TPSA) is 66.7 Å². The molecule has 0 amide bonds. The number of phenols is 1. The van der Waals surface area contributed by atoms with Gasteiger partial charge in [-0.25, -0.2) is 0 Å². The number of hydrogen-bond acceptors (Lipinski definition) is 4. The van der Waals surface area contributed by atoms with E-state index in [9.17, 15) is 8.42 Å². The number of nitrogens with zero attached hydrogens (tertiary/aromatic N) is 1. The lowest BCUT2D eigenvalue weighted by molar-refractivity contribution is 0.477. The fraction of sp³-hybridized carbons (Fsp3) is 0. The van der Waals surface area contributed by atoms with E-state index in [1.165, 1.54) is 18.2 Å². The van der Waals surface area contributed by atoms with Crippen LogP contribution in [-0.2, 0) is 10.5 Å². The molecule has 0 unspecified atom stereocenters. The molecule has 0 saturated heterocycles. The third-order valence-corrected chi connectivity index (χ3v) is 1.69. The van der Waals surface area contributed by atoms with Crippen LogP contribution in [0.25, 0.3) is 0 Å². The molecule has 1 rings (SSSR count). The van der Waals surface area contributed by atoms with Crippen LogP contribution in [0.1, 0.15) is 0 Å². The Morgan fingerprint density at radius 2 is 2.08 bits per heavy atom. The number of phenolic OH excluding ortho intramolecular Hbond substituents is 1. The molecule has 0 atom stereocenters. The van der Waals surface area contributed by atoms with E-state index in [0.29, 0.717) is 5.02 Å². The summed E-state index contributed by atoms with van der Waals surface area (Å²) in [6.45, 7) is 0. The minimum atomic E-state index is -2.56. The van der Waals surface area contributed by atoms with Crippen molar-refractivity contribution in [3.8, 4) is 5.75 Å². The van der Waals surface area contributed by atoms with Gasteiger partial charge in [-0.05, 0) is 12.1 Å². The predicted octanol–water partition coefficient (Wildman–Crippen LogP) is 1.74. The Morgan fingerprint density at radius 3 is 2.58 bits per heavy atom. The van der Waals surface area contributed by atoms with Crippen molar-refractivity contribution in [2.75, 3.05) is 0 Å². The van der Waals surface area contributed by atoms with Gasteiger partial charge in [-0.2, -0.15) is 8.42 Å². The number of halogens is 1. The van der Waals surface area contributed by atoms with Gasteiger partial charge in [-0.1, -0.05) is 11.6 Å². The fourth-order valence-electron chi connectivity index (χ4n) is 0.654. The lowest BCUT2D eigenvalue weighted by Crippen LogP contribution is -1.68. The summed E-state index contributed by atoms with van der Waals surface area (Å²) in [7, 11) is -2.56. The van der Waals surface area contributed by atoms with Crippen LogP contribution in [0.4, 0.5) is 5.69 Å². The first-order valence-corrected chi connectivity index (χ1v) is 4.30. The SMILES string of the molecule is O=S(=O)=Nc1ccc(Cl)cc1O. The van der Waals surface area contributed by atoms with Gasteiger partial charge < -0.3 is 5.11 Å². The standard InChI is InChI=1S/C6H4ClNO3S/c7-4-1-2-5(6(9)3-4)8-12(10)11/h1-3,9H. The van der Waals surface area contributed by atoms with Crippen LogP contribution in [-0.4, -0.2) is 13.5 Å². The van der Waals surface area contributed by atoms with Crippen LogP contribution in [0.3, 0.4) is 0 Å². The van der Waals surface area contributed by atoms with E-state index < -0.39 is 10.5 Å². The van der Waals surface area contributed by atoms with E-state index in [-0.39, 0.29) is 11.4 Å². The molecular formula is C6H4ClNO3S. The van der Waals surface area contributed by atoms with Gasteiger partial charge in [0.1, 0.15) is 11.4 Å². The second-order valence-corrected chi connectivity index (χ2v) is 2.99. The molecule has 0 radical (unpaired) electrons. The van der Waals surface area contributed by atoms with Crippen LogP contribution in [0.2, 0.25) is 5.02 Å². The van der Waals surface area contributed by atoms with Gasteiger partial charge in [-0.3, -0.25) is 0 Å². The van der Waals surface area contributed by atoms with Gasteiger partial charge in [-0.15, -0.1) is 4.36 Å². The lowest BCUT2D eigenvalue weighted by Gasteiger charge is -1.94. The molecule has 1 aromatic carbocycles. The maximum absolute atomic E-state index is 10.1. The van der Waals surface area contributed by atoms with Crippen LogP contribution < -0.4 is 0 Å². The summed E-state index contributed by atoms with van der Waals surface area (Å²) in [5.74, 6) is -0.258. The second-order valence-electron chi connectivity index (χ2n) is 1.94. The summed E-state index contributed by atoms with van der Waals surface area (Å²) in [6, 6.07) is 3.97. The number of benzene rings is 1. The zero-order chi connectivity index (χ0) is 9.14. The minimum absolute atomic E-state index is 0.0206. The molecular weight excluding hydrogens is 202 g/mol. The van der Waals surface area contributed by atoms with Gasteiger partial charge in [0.2, 0.25) is 0 Å². The van der Waals surface area contributed by atoms with E-state index in [2.05, 4.69) is 4.36 Å². The van der Waals surface area contributed by atoms with Crippen LogP contribution >= 0.6 is 11.6 Å². The Balaban J connectivity index is 3.28. The highest BCUT2D eigenvalue weighted by atomic mass is 35.5. The maximum Gasteiger partial charge on any atom is 0.316 e. The summed E-state index contributed by atoms with van der Waals surface area (Å²) in [5, 5.41) is 9.41. The molecule has 0 aliphatic carbocycles. The zero-order valence-electron chi connectivity index (χ0n) is 5.73. The van der Waals surface area contributed by atoms with Crippen LogP contribution in [0.15, 0.2) is 22.6 Å². The highest BCUT2D eigenvalue weighted by Crippen LogP contribution is 2.28. The number of hydrogen-bond donors (Lipinski definition) is 1. The Kier molecular flexibility index (Phi) is 2.67. The van der Waals surface area contributed by atoms with Crippen molar-refractivity contribution in [1.29, 1.82) is 0 Å². The Morgan fingerprint density at radius 1 is 1.42 bits per heavy atom. The van der Waals surface area contributed by atoms with E-state index in [4.69, 9.17) is 16.7 Å². The quantitative estimate of drug-likeness (QED) is 0.760. The predicted molar refractivity (Wildman–Crippen MR) is 44.1 cm³/mol. The maximum atomic E-state index is 10.1. The average Bonchev–Trinajstić information content (AvgIpc) is 1.94. The number of rotatable bonds is 1. The molecule has 0 aliphatic heterocycles. The first kappa shape index (κ1) is 9.02. The molecule has 12 heavy (non-hydrogen) atoms. The third kappa shape index (κ3) is 2.21. The van der Waals surface area contributed by atoms with Crippen LogP contribution in [0, 0.1) is 0 Å². The van der Waals surface area contributed by atoms with Gasteiger partial charge >= 0.3 is 10.5 Å². The summed E-state index contributed by atoms with van der Waals surface area (Å²) >= 11 is 5.50. The van der Waals surface area contributed by atoms with E-state index >= 15 is 0 Å². The molecule has 0 bridgehead atoms. The highest BCUT2D eigenvalue weighted by molar-refractivity contribution is 7.61. The van der Waals surface area contributed by atoms with E-state index in [1.54, 1.807) is 0 Å². The normalized spacial score (nSPS) is 9.42. The molecule has 64 valence electrons. The third-order valence-electron chi connectivity index (χ3n) is 1.11. The van der Waals surface area contributed by atoms with Crippen molar-refractivity contribution in [2.24, 2.45) is 4.36 Å². The smallest absolute Gasteiger partial charge is 0.316 e. The molecule has 0 heterocycles. The summed E-state index contributed by atoms with van der Waals surface area (Å²) < 4.78 is 23.3. The number of aromatic hydroxyl groups is 1. The Labute approximate surface area is 75.1 Å². The Bertz CT molecular complexity index is 418. The zero-order valence-corrected chi connectivity index (χ0v) is 7.30. The average molecular weight is 206 g/mol. The first-order chi connectivity index (χ1) is 5.59. The molecule has 1 N–H and O–H groups in total. The fourth-order valence-corrected chi connectivity index (χ4v) is 1.14. The first-order valence-electron chi connectivity index (χ1n) is 2.89. The Hall–Kier alpha value is -1.07. The molecule has 0 aromatic heterocycles. The van der Waals surface area contributed by atoms with Crippen molar-refractivity contribution in [3.63, 3.8) is 0 Å². The van der Waals surface area contributed by atoms with Crippen molar-refractivity contribution >= 4 is 27.8 Å². The summed E-state index contributed by atoms with van der Waals surface area (Å²) in [4.78, 5) is 0. The van der Waals surface area contributed by atoms with Crippen molar-refractivity contribution in [2.45, 2.75) is 0 Å². The van der Waals surface area contributed by atoms with E-state index in [0.717, 1.165) is 0 Å². The summed E-state index contributed by atoms with van der Waals surface area (Å²) in [6.07, 6.45) is 0. The molecule has 0 aliphatic rings. The molecule has 1 aromatic rings. The monoisotopic (exact) mass is 205 g/mol. The van der Waals surface area contributed by atoms with Gasteiger partial charge in [0.25, 0.3) is 0 Å². The van der Waals surface area contributed by atoms with Crippen molar-refractivity contribution in [3.05, 3.63) is 23.2 Å². The molecule has 0 saturated carbocycles. The lowest BCUT2D eigenvalue weighted by atomic mass is 10.3.